The number of hydrogen-bond acceptors (Lipinski definition) is 3. The van der Waals surface area contributed by atoms with Crippen LogP contribution in [0.3, 0.4) is 0 Å². The van der Waals surface area contributed by atoms with E-state index in [0.717, 1.165) is 18.7 Å². The zero-order chi connectivity index (χ0) is 11.3. The second kappa shape index (κ2) is 5.28. The van der Waals surface area contributed by atoms with Crippen LogP contribution in [0.15, 0.2) is 12.4 Å². The lowest BCUT2D eigenvalue weighted by atomic mass is 9.96. The van der Waals surface area contributed by atoms with Crippen LogP contribution >= 0.6 is 0 Å². The Balaban J connectivity index is 2.36. The molecule has 2 N–H and O–H groups in total. The van der Waals surface area contributed by atoms with Crippen molar-refractivity contribution in [2.75, 3.05) is 6.61 Å². The van der Waals surface area contributed by atoms with E-state index in [1.807, 2.05) is 17.8 Å². The molecule has 0 fully saturated rings. The highest BCUT2D eigenvalue weighted by Gasteiger charge is 2.20. The molecule has 4 nitrogen and oxygen atoms in total. The highest BCUT2D eigenvalue weighted by atomic mass is 16.5. The van der Waals surface area contributed by atoms with Crippen LogP contribution in [0.25, 0.3) is 0 Å². The van der Waals surface area contributed by atoms with Crippen LogP contribution in [0.4, 0.5) is 0 Å². The topological polar surface area (TPSA) is 53.1 Å². The molecule has 0 unspecified atom stereocenters. The van der Waals surface area contributed by atoms with Gasteiger partial charge in [0.2, 0.25) is 0 Å². The number of nitrogens with two attached hydrogens (primary N) is 1. The lowest BCUT2D eigenvalue weighted by Crippen LogP contribution is -2.43. The molecule has 1 rings (SSSR count). The van der Waals surface area contributed by atoms with E-state index < -0.39 is 0 Å². The molecular weight excluding hydrogens is 190 g/mol. The van der Waals surface area contributed by atoms with Gasteiger partial charge >= 0.3 is 0 Å². The molecule has 1 aromatic heterocycles. The summed E-state index contributed by atoms with van der Waals surface area (Å²) in [6.07, 6.45) is 5.55. The standard InChI is InChI=1S/C11H21N3O/c1-4-11(12,5-2)9-15-8-10-13-6-7-14(10)3/h6-7H,4-5,8-9,12H2,1-3H3. The monoisotopic (exact) mass is 211 g/mol. The summed E-state index contributed by atoms with van der Waals surface area (Å²) in [5.41, 5.74) is 5.93. The second-order valence-corrected chi connectivity index (χ2v) is 4.02. The number of aryl methyl sites for hydroxylation is 1. The summed E-state index contributed by atoms with van der Waals surface area (Å²) in [5.74, 6) is 0.935. The SMILES string of the molecule is CCC(N)(CC)COCc1nccn1C. The third kappa shape index (κ3) is 3.32. The number of hydrogen-bond donors (Lipinski definition) is 1. The summed E-state index contributed by atoms with van der Waals surface area (Å²) in [6.45, 7) is 5.30. The molecule has 4 heteroatoms. The van der Waals surface area contributed by atoms with E-state index in [4.69, 9.17) is 10.5 Å². The van der Waals surface area contributed by atoms with Crippen LogP contribution in [0, 0.1) is 0 Å². The van der Waals surface area contributed by atoms with Gasteiger partial charge in [-0.05, 0) is 12.8 Å². The first kappa shape index (κ1) is 12.2. The van der Waals surface area contributed by atoms with E-state index in [-0.39, 0.29) is 5.54 Å². The first-order valence-corrected chi connectivity index (χ1v) is 5.44. The van der Waals surface area contributed by atoms with E-state index in [2.05, 4.69) is 18.8 Å². The molecule has 0 saturated carbocycles. The van der Waals surface area contributed by atoms with Crippen molar-refractivity contribution in [3.63, 3.8) is 0 Å². The minimum absolute atomic E-state index is 0.189. The molecular formula is C11H21N3O. The normalized spacial score (nSPS) is 12.0. The summed E-state index contributed by atoms with van der Waals surface area (Å²) in [6, 6.07) is 0. The molecule has 0 bridgehead atoms. The summed E-state index contributed by atoms with van der Waals surface area (Å²) >= 11 is 0. The fraction of sp³-hybridized carbons (Fsp3) is 0.727. The van der Waals surface area contributed by atoms with Crippen LogP contribution in [0.2, 0.25) is 0 Å². The zero-order valence-corrected chi connectivity index (χ0v) is 9.86. The van der Waals surface area contributed by atoms with Crippen molar-refractivity contribution in [3.05, 3.63) is 18.2 Å². The molecule has 0 aromatic carbocycles. The van der Waals surface area contributed by atoms with Gasteiger partial charge in [0, 0.05) is 25.0 Å². The molecule has 0 radical (unpaired) electrons. The van der Waals surface area contributed by atoms with Gasteiger partial charge in [0.25, 0.3) is 0 Å². The Kier molecular flexibility index (Phi) is 4.29. The predicted molar refractivity (Wildman–Crippen MR) is 60.4 cm³/mol. The predicted octanol–water partition coefficient (Wildman–Crippen LogP) is 1.45. The summed E-state index contributed by atoms with van der Waals surface area (Å²) in [4.78, 5) is 4.18. The lowest BCUT2D eigenvalue weighted by Gasteiger charge is -2.26. The van der Waals surface area contributed by atoms with Crippen molar-refractivity contribution < 1.29 is 4.74 Å². The molecule has 15 heavy (non-hydrogen) atoms. The van der Waals surface area contributed by atoms with E-state index in [1.54, 1.807) is 6.20 Å². The Morgan fingerprint density at radius 1 is 1.47 bits per heavy atom. The summed E-state index contributed by atoms with van der Waals surface area (Å²) in [5, 5.41) is 0. The van der Waals surface area contributed by atoms with Gasteiger partial charge in [0.05, 0.1) is 6.61 Å². The van der Waals surface area contributed by atoms with E-state index >= 15 is 0 Å². The van der Waals surface area contributed by atoms with Gasteiger partial charge in [-0.25, -0.2) is 4.98 Å². The Bertz CT molecular complexity index is 292. The molecule has 0 amide bonds. The molecule has 0 saturated heterocycles. The molecule has 1 aromatic rings. The van der Waals surface area contributed by atoms with Gasteiger partial charge in [-0.1, -0.05) is 13.8 Å². The molecule has 0 aliphatic carbocycles. The number of rotatable bonds is 6. The Labute approximate surface area is 91.4 Å². The summed E-state index contributed by atoms with van der Waals surface area (Å²) < 4.78 is 7.55. The zero-order valence-electron chi connectivity index (χ0n) is 9.86. The third-order valence-corrected chi connectivity index (χ3v) is 2.95. The average Bonchev–Trinajstić information content (AvgIpc) is 2.64. The van der Waals surface area contributed by atoms with E-state index in [1.165, 1.54) is 0 Å². The molecule has 1 heterocycles. The maximum absolute atomic E-state index is 6.12. The van der Waals surface area contributed by atoms with Gasteiger partial charge in [0.15, 0.2) is 0 Å². The van der Waals surface area contributed by atoms with Crippen LogP contribution in [0.5, 0.6) is 0 Å². The van der Waals surface area contributed by atoms with Crippen molar-refractivity contribution in [3.8, 4) is 0 Å². The number of ether oxygens (including phenoxy) is 1. The van der Waals surface area contributed by atoms with E-state index in [0.29, 0.717) is 13.2 Å². The first-order chi connectivity index (χ1) is 7.11. The minimum atomic E-state index is -0.189. The van der Waals surface area contributed by atoms with Crippen LogP contribution in [-0.2, 0) is 18.4 Å². The van der Waals surface area contributed by atoms with Crippen LogP contribution in [0.1, 0.15) is 32.5 Å². The quantitative estimate of drug-likeness (QED) is 0.775. The largest absolute Gasteiger partial charge is 0.372 e. The van der Waals surface area contributed by atoms with Crippen molar-refractivity contribution >= 4 is 0 Å². The molecule has 0 spiro atoms. The van der Waals surface area contributed by atoms with Gasteiger partial charge in [0.1, 0.15) is 12.4 Å². The second-order valence-electron chi connectivity index (χ2n) is 4.02. The lowest BCUT2D eigenvalue weighted by molar-refractivity contribution is 0.0645. The molecule has 86 valence electrons. The average molecular weight is 211 g/mol. The fourth-order valence-electron chi connectivity index (χ4n) is 1.34. The van der Waals surface area contributed by atoms with Gasteiger partial charge in [-0.2, -0.15) is 0 Å². The van der Waals surface area contributed by atoms with Crippen LogP contribution in [-0.4, -0.2) is 21.7 Å². The minimum Gasteiger partial charge on any atom is -0.372 e. The summed E-state index contributed by atoms with van der Waals surface area (Å²) in [7, 11) is 1.96. The Morgan fingerprint density at radius 2 is 2.13 bits per heavy atom. The van der Waals surface area contributed by atoms with Crippen LogP contribution < -0.4 is 5.73 Å². The Hall–Kier alpha value is -0.870. The Morgan fingerprint density at radius 3 is 2.60 bits per heavy atom. The third-order valence-electron chi connectivity index (χ3n) is 2.95. The van der Waals surface area contributed by atoms with Crippen molar-refractivity contribution in [1.29, 1.82) is 0 Å². The maximum Gasteiger partial charge on any atom is 0.134 e. The smallest absolute Gasteiger partial charge is 0.134 e. The molecule has 0 aliphatic rings. The van der Waals surface area contributed by atoms with Gasteiger partial charge < -0.3 is 15.0 Å². The molecule has 0 aliphatic heterocycles. The number of imidazole rings is 1. The maximum atomic E-state index is 6.12. The van der Waals surface area contributed by atoms with Crippen molar-refractivity contribution in [2.45, 2.75) is 38.8 Å². The first-order valence-electron chi connectivity index (χ1n) is 5.44. The number of aromatic nitrogens is 2. The van der Waals surface area contributed by atoms with Gasteiger partial charge in [-0.3, -0.25) is 0 Å². The fourth-order valence-corrected chi connectivity index (χ4v) is 1.34. The van der Waals surface area contributed by atoms with Crippen molar-refractivity contribution in [1.82, 2.24) is 9.55 Å². The van der Waals surface area contributed by atoms with Crippen molar-refractivity contribution in [2.24, 2.45) is 12.8 Å². The highest BCUT2D eigenvalue weighted by Crippen LogP contribution is 2.12. The highest BCUT2D eigenvalue weighted by molar-refractivity contribution is 4.89. The number of nitrogens with zero attached hydrogens (tertiary/aromatic N) is 2. The van der Waals surface area contributed by atoms with Gasteiger partial charge in [-0.15, -0.1) is 0 Å². The molecule has 0 atom stereocenters. The van der Waals surface area contributed by atoms with E-state index in [9.17, 15) is 0 Å².